The predicted molar refractivity (Wildman–Crippen MR) is 119 cm³/mol. The highest BCUT2D eigenvalue weighted by Gasteiger charge is 2.08. The van der Waals surface area contributed by atoms with Gasteiger partial charge in [0.25, 0.3) is 0 Å². The molecule has 0 spiro atoms. The van der Waals surface area contributed by atoms with E-state index in [4.69, 9.17) is 4.74 Å². The molecule has 1 N–H and O–H groups in total. The molecule has 0 aliphatic rings. The van der Waals surface area contributed by atoms with Crippen LogP contribution in [0.25, 0.3) is 10.8 Å². The van der Waals surface area contributed by atoms with Crippen molar-refractivity contribution in [1.29, 1.82) is 0 Å². The Kier molecular flexibility index (Phi) is 11.0. The second-order valence-corrected chi connectivity index (χ2v) is 7.62. The van der Waals surface area contributed by atoms with E-state index < -0.39 is 0 Å². The molecule has 27 heavy (non-hydrogen) atoms. The maximum absolute atomic E-state index is 6.21. The van der Waals surface area contributed by atoms with Gasteiger partial charge in [-0.25, -0.2) is 0 Å². The lowest BCUT2D eigenvalue weighted by Crippen LogP contribution is -2.16. The number of unbranched alkanes of at least 4 members (excludes halogenated alkanes) is 8. The van der Waals surface area contributed by atoms with Crippen LogP contribution in [0.4, 0.5) is 0 Å². The maximum Gasteiger partial charge on any atom is 0.124 e. The second-order valence-electron chi connectivity index (χ2n) is 7.62. The molecule has 2 rings (SSSR count). The van der Waals surface area contributed by atoms with Crippen LogP contribution in [0.1, 0.15) is 83.6 Å². The van der Waals surface area contributed by atoms with Crippen molar-refractivity contribution in [3.8, 4) is 5.75 Å². The normalized spacial score (nSPS) is 11.2. The molecular formula is C25H39NO. The van der Waals surface area contributed by atoms with Gasteiger partial charge in [0.1, 0.15) is 5.75 Å². The summed E-state index contributed by atoms with van der Waals surface area (Å²) in [5, 5.41) is 6.25. The average molecular weight is 370 g/mol. The first-order valence-corrected chi connectivity index (χ1v) is 11.2. The predicted octanol–water partition coefficient (Wildman–Crippen LogP) is 7.25. The lowest BCUT2D eigenvalue weighted by atomic mass is 10.0. The Labute approximate surface area is 166 Å². The molecule has 0 heterocycles. The summed E-state index contributed by atoms with van der Waals surface area (Å²) < 4.78 is 6.21. The molecule has 2 aromatic rings. The molecule has 0 saturated heterocycles. The Bertz CT molecular complexity index is 637. The third-order valence-electron chi connectivity index (χ3n) is 5.26. The van der Waals surface area contributed by atoms with Gasteiger partial charge in [-0.05, 0) is 36.2 Å². The van der Waals surface area contributed by atoms with Gasteiger partial charge in [0.15, 0.2) is 0 Å². The van der Waals surface area contributed by atoms with Crippen molar-refractivity contribution in [2.75, 3.05) is 13.2 Å². The highest BCUT2D eigenvalue weighted by molar-refractivity contribution is 5.87. The van der Waals surface area contributed by atoms with Crippen LogP contribution in [0.3, 0.4) is 0 Å². The van der Waals surface area contributed by atoms with E-state index in [9.17, 15) is 0 Å². The van der Waals surface area contributed by atoms with Gasteiger partial charge in [-0.15, -0.1) is 0 Å². The Morgan fingerprint density at radius 3 is 2.26 bits per heavy atom. The van der Waals surface area contributed by atoms with Crippen LogP contribution in [-0.2, 0) is 6.54 Å². The summed E-state index contributed by atoms with van der Waals surface area (Å²) in [5.41, 5.74) is 1.31. The summed E-state index contributed by atoms with van der Waals surface area (Å²) in [6, 6.07) is 13.0. The minimum Gasteiger partial charge on any atom is -0.493 e. The van der Waals surface area contributed by atoms with Gasteiger partial charge in [0.2, 0.25) is 0 Å². The first-order chi connectivity index (χ1) is 13.4. The molecule has 0 aromatic heterocycles. The SMILES string of the molecule is CCCCCCCCOc1ccc2ccccc2c1CNCCCCCC. The molecule has 0 atom stereocenters. The molecule has 0 amide bonds. The zero-order chi connectivity index (χ0) is 19.2. The molecule has 0 fully saturated rings. The zero-order valence-corrected chi connectivity index (χ0v) is 17.6. The molecule has 0 saturated carbocycles. The van der Waals surface area contributed by atoms with Gasteiger partial charge in [0.05, 0.1) is 6.61 Å². The molecule has 0 aliphatic heterocycles. The molecular weight excluding hydrogens is 330 g/mol. The van der Waals surface area contributed by atoms with Crippen molar-refractivity contribution in [3.05, 3.63) is 42.0 Å². The van der Waals surface area contributed by atoms with Crippen molar-refractivity contribution in [3.63, 3.8) is 0 Å². The van der Waals surface area contributed by atoms with Crippen LogP contribution in [-0.4, -0.2) is 13.2 Å². The molecule has 2 nitrogen and oxygen atoms in total. The number of ether oxygens (including phenoxy) is 1. The topological polar surface area (TPSA) is 21.3 Å². The third-order valence-corrected chi connectivity index (χ3v) is 5.26. The van der Waals surface area contributed by atoms with E-state index in [1.54, 1.807) is 0 Å². The van der Waals surface area contributed by atoms with Crippen molar-refractivity contribution in [2.45, 2.75) is 84.6 Å². The van der Waals surface area contributed by atoms with Crippen LogP contribution >= 0.6 is 0 Å². The molecule has 150 valence electrons. The van der Waals surface area contributed by atoms with Gasteiger partial charge in [-0.1, -0.05) is 95.5 Å². The number of hydrogen-bond donors (Lipinski definition) is 1. The zero-order valence-electron chi connectivity index (χ0n) is 17.6. The minimum absolute atomic E-state index is 0.827. The summed E-state index contributed by atoms with van der Waals surface area (Å²) in [6.07, 6.45) is 13.0. The van der Waals surface area contributed by atoms with Crippen molar-refractivity contribution >= 4 is 10.8 Å². The maximum atomic E-state index is 6.21. The molecule has 0 unspecified atom stereocenters. The smallest absolute Gasteiger partial charge is 0.124 e. The fourth-order valence-corrected chi connectivity index (χ4v) is 3.59. The molecule has 0 radical (unpaired) electrons. The van der Waals surface area contributed by atoms with Crippen molar-refractivity contribution in [1.82, 2.24) is 5.32 Å². The number of nitrogens with one attached hydrogen (secondary N) is 1. The quantitative estimate of drug-likeness (QED) is 0.334. The van der Waals surface area contributed by atoms with E-state index in [-0.39, 0.29) is 0 Å². The Morgan fingerprint density at radius 1 is 0.741 bits per heavy atom. The van der Waals surface area contributed by atoms with Gasteiger partial charge in [0, 0.05) is 12.1 Å². The highest BCUT2D eigenvalue weighted by Crippen LogP contribution is 2.28. The Balaban J connectivity index is 1.89. The first-order valence-electron chi connectivity index (χ1n) is 11.2. The number of rotatable bonds is 15. The van der Waals surface area contributed by atoms with E-state index in [1.165, 1.54) is 74.1 Å². The van der Waals surface area contributed by atoms with Crippen LogP contribution in [0.2, 0.25) is 0 Å². The summed E-state index contributed by atoms with van der Waals surface area (Å²) in [6.45, 7) is 7.33. The van der Waals surface area contributed by atoms with E-state index in [0.717, 1.165) is 31.9 Å². The second kappa shape index (κ2) is 13.6. The number of hydrogen-bond acceptors (Lipinski definition) is 2. The van der Waals surface area contributed by atoms with E-state index in [1.807, 2.05) is 0 Å². The Morgan fingerprint density at radius 2 is 1.44 bits per heavy atom. The van der Waals surface area contributed by atoms with Gasteiger partial charge in [-0.2, -0.15) is 0 Å². The summed E-state index contributed by atoms with van der Waals surface area (Å²) in [7, 11) is 0. The number of fused-ring (bicyclic) bond motifs is 1. The molecule has 0 aliphatic carbocycles. The minimum atomic E-state index is 0.827. The van der Waals surface area contributed by atoms with Crippen molar-refractivity contribution < 1.29 is 4.74 Å². The molecule has 2 aromatic carbocycles. The standard InChI is InChI=1S/C25H39NO/c1-3-5-7-9-10-14-20-27-25-18-17-22-15-11-12-16-23(22)24(25)21-26-19-13-8-6-4-2/h11-12,15-18,26H,3-10,13-14,19-21H2,1-2H3. The first kappa shape index (κ1) is 21.8. The fraction of sp³-hybridized carbons (Fsp3) is 0.600. The van der Waals surface area contributed by atoms with Gasteiger partial charge >= 0.3 is 0 Å². The van der Waals surface area contributed by atoms with Crippen LogP contribution in [0.15, 0.2) is 36.4 Å². The fourth-order valence-electron chi connectivity index (χ4n) is 3.59. The lowest BCUT2D eigenvalue weighted by molar-refractivity contribution is 0.301. The van der Waals surface area contributed by atoms with E-state index in [2.05, 4.69) is 55.6 Å². The van der Waals surface area contributed by atoms with Gasteiger partial charge in [-0.3, -0.25) is 0 Å². The summed E-state index contributed by atoms with van der Waals surface area (Å²) >= 11 is 0. The van der Waals surface area contributed by atoms with Crippen molar-refractivity contribution in [2.24, 2.45) is 0 Å². The third kappa shape index (κ3) is 7.92. The van der Waals surface area contributed by atoms with Crippen LogP contribution in [0, 0.1) is 0 Å². The highest BCUT2D eigenvalue weighted by atomic mass is 16.5. The Hall–Kier alpha value is -1.54. The van der Waals surface area contributed by atoms with Crippen LogP contribution < -0.4 is 10.1 Å². The summed E-state index contributed by atoms with van der Waals surface area (Å²) in [4.78, 5) is 0. The molecule has 2 heteroatoms. The molecule has 0 bridgehead atoms. The monoisotopic (exact) mass is 369 g/mol. The van der Waals surface area contributed by atoms with E-state index >= 15 is 0 Å². The summed E-state index contributed by atoms with van der Waals surface area (Å²) in [5.74, 6) is 1.06. The lowest BCUT2D eigenvalue weighted by Gasteiger charge is -2.15. The number of benzene rings is 2. The average Bonchev–Trinajstić information content (AvgIpc) is 2.70. The largest absolute Gasteiger partial charge is 0.493 e. The van der Waals surface area contributed by atoms with Gasteiger partial charge < -0.3 is 10.1 Å². The van der Waals surface area contributed by atoms with Crippen LogP contribution in [0.5, 0.6) is 5.75 Å². The van der Waals surface area contributed by atoms with E-state index in [0.29, 0.717) is 0 Å².